The minimum atomic E-state index is -0.886. The molecule has 1 saturated carbocycles. The summed E-state index contributed by atoms with van der Waals surface area (Å²) in [5.41, 5.74) is 4.17. The van der Waals surface area contributed by atoms with Gasteiger partial charge in [0.05, 0.1) is 28.6 Å². The molecule has 0 radical (unpaired) electrons. The van der Waals surface area contributed by atoms with Crippen LogP contribution in [0.15, 0.2) is 84.9 Å². The minimum Gasteiger partial charge on any atom is -0.489 e. The van der Waals surface area contributed by atoms with Crippen molar-refractivity contribution >= 4 is 22.8 Å². The second-order valence-corrected chi connectivity index (χ2v) is 9.39. The Morgan fingerprint density at radius 2 is 1.74 bits per heavy atom. The van der Waals surface area contributed by atoms with Crippen molar-refractivity contribution in [3.63, 3.8) is 0 Å². The van der Waals surface area contributed by atoms with Gasteiger partial charge in [-0.25, -0.2) is 4.98 Å². The van der Waals surface area contributed by atoms with Gasteiger partial charge in [0.25, 0.3) is 0 Å². The third kappa shape index (κ3) is 3.81. The predicted molar refractivity (Wildman–Crippen MR) is 132 cm³/mol. The van der Waals surface area contributed by atoms with Crippen LogP contribution in [-0.2, 0) is 16.2 Å². The number of nitrogens with one attached hydrogen (secondary N) is 1. The van der Waals surface area contributed by atoms with E-state index in [1.807, 2.05) is 72.8 Å². The minimum absolute atomic E-state index is 0.144. The predicted octanol–water partition coefficient (Wildman–Crippen LogP) is 5.13. The Hall–Kier alpha value is -4.19. The van der Waals surface area contributed by atoms with Gasteiger partial charge in [-0.05, 0) is 42.7 Å². The van der Waals surface area contributed by atoms with Crippen molar-refractivity contribution in [2.24, 2.45) is 11.3 Å². The first kappa shape index (κ1) is 21.4. The average molecular weight is 465 g/mol. The first-order chi connectivity index (χ1) is 17.0. The number of amides is 1. The second kappa shape index (κ2) is 8.24. The molecule has 4 aromatic rings. The number of rotatable bonds is 6. The summed E-state index contributed by atoms with van der Waals surface area (Å²) >= 11 is 0. The first-order valence-corrected chi connectivity index (χ1v) is 11.7. The molecule has 3 atom stereocenters. The molecule has 1 aliphatic carbocycles. The Balaban J connectivity index is 1.19. The zero-order valence-corrected chi connectivity index (χ0v) is 19.0. The zero-order valence-electron chi connectivity index (χ0n) is 19.0. The van der Waals surface area contributed by atoms with Crippen molar-refractivity contribution < 1.29 is 19.4 Å². The van der Waals surface area contributed by atoms with Gasteiger partial charge < -0.3 is 15.2 Å². The van der Waals surface area contributed by atoms with Crippen LogP contribution >= 0.6 is 0 Å². The van der Waals surface area contributed by atoms with Crippen LogP contribution in [0.4, 0.5) is 0 Å². The molecule has 35 heavy (non-hydrogen) atoms. The van der Waals surface area contributed by atoms with Crippen LogP contribution in [0.2, 0.25) is 0 Å². The molecule has 1 aromatic heterocycles. The number of ether oxygens (including phenoxy) is 1. The number of hydrogen-bond acceptors (Lipinski definition) is 4. The Kier molecular flexibility index (Phi) is 5.02. The summed E-state index contributed by atoms with van der Waals surface area (Å²) in [4.78, 5) is 28.6. The van der Waals surface area contributed by atoms with E-state index in [2.05, 4.69) is 17.4 Å². The van der Waals surface area contributed by atoms with E-state index >= 15 is 0 Å². The molecule has 6 heteroatoms. The highest BCUT2D eigenvalue weighted by atomic mass is 16.5. The number of carboxylic acid groups (broad SMARTS) is 1. The molecule has 2 fully saturated rings. The van der Waals surface area contributed by atoms with Crippen LogP contribution < -0.4 is 10.1 Å². The molecule has 2 aliphatic rings. The Labute approximate surface area is 202 Å². The lowest BCUT2D eigenvalue weighted by atomic mass is 9.95. The molecule has 0 bridgehead atoms. The molecule has 1 saturated heterocycles. The maximum Gasteiger partial charge on any atom is 0.307 e. The van der Waals surface area contributed by atoms with Gasteiger partial charge >= 0.3 is 5.97 Å². The van der Waals surface area contributed by atoms with Gasteiger partial charge in [-0.2, -0.15) is 0 Å². The number of carbonyl (C=O) groups is 2. The topological polar surface area (TPSA) is 88.5 Å². The van der Waals surface area contributed by atoms with E-state index < -0.39 is 17.3 Å². The molecule has 3 unspecified atom stereocenters. The van der Waals surface area contributed by atoms with Crippen LogP contribution in [0.25, 0.3) is 22.2 Å². The molecular weight excluding hydrogens is 440 g/mol. The van der Waals surface area contributed by atoms with Gasteiger partial charge in [0.15, 0.2) is 0 Å². The van der Waals surface area contributed by atoms with Crippen molar-refractivity contribution in [3.05, 3.63) is 96.1 Å². The third-order valence-electron chi connectivity index (χ3n) is 7.25. The van der Waals surface area contributed by atoms with E-state index in [1.165, 1.54) is 0 Å². The van der Waals surface area contributed by atoms with Gasteiger partial charge in [0.2, 0.25) is 5.91 Å². The Morgan fingerprint density at radius 1 is 1.00 bits per heavy atom. The highest BCUT2D eigenvalue weighted by molar-refractivity contribution is 5.95. The fourth-order valence-electron chi connectivity index (χ4n) is 5.20. The second-order valence-electron chi connectivity index (χ2n) is 9.39. The van der Waals surface area contributed by atoms with E-state index in [9.17, 15) is 14.7 Å². The SMILES string of the molecule is O=C(O)C1CC12CC(c1ccc(OCc3cc(-c4ccccc4)nc4ccccc34)cc1)NC2=O. The van der Waals surface area contributed by atoms with Crippen LogP contribution in [0.5, 0.6) is 5.75 Å². The number of fused-ring (bicyclic) bond motifs is 1. The molecule has 6 rings (SSSR count). The standard InChI is InChI=1S/C29H24N2O4/c32-27(33)23-15-29(23)16-26(31-28(29)34)19-10-12-21(13-11-19)35-17-20-14-25(18-6-2-1-3-7-18)30-24-9-5-4-8-22(20)24/h1-14,23,26H,15-17H2,(H,31,34)(H,32,33). The fraction of sp³-hybridized carbons (Fsp3) is 0.207. The monoisotopic (exact) mass is 464 g/mol. The van der Waals surface area contributed by atoms with Gasteiger partial charge in [-0.1, -0.05) is 60.7 Å². The summed E-state index contributed by atoms with van der Waals surface area (Å²) in [6.07, 6.45) is 0.949. The fourth-order valence-corrected chi connectivity index (χ4v) is 5.20. The van der Waals surface area contributed by atoms with E-state index in [0.29, 0.717) is 19.4 Å². The number of carboxylic acids is 1. The van der Waals surface area contributed by atoms with Crippen molar-refractivity contribution in [2.75, 3.05) is 0 Å². The molecule has 2 N–H and O–H groups in total. The molecule has 1 amide bonds. The maximum absolute atomic E-state index is 12.4. The van der Waals surface area contributed by atoms with Crippen LogP contribution in [-0.4, -0.2) is 22.0 Å². The molecule has 6 nitrogen and oxygen atoms in total. The summed E-state index contributed by atoms with van der Waals surface area (Å²) in [5.74, 6) is -0.867. The number of hydrogen-bond donors (Lipinski definition) is 2. The van der Waals surface area contributed by atoms with E-state index in [0.717, 1.165) is 39.0 Å². The summed E-state index contributed by atoms with van der Waals surface area (Å²) in [7, 11) is 0. The van der Waals surface area contributed by atoms with Crippen molar-refractivity contribution in [1.82, 2.24) is 10.3 Å². The van der Waals surface area contributed by atoms with Gasteiger partial charge in [0, 0.05) is 16.5 Å². The summed E-state index contributed by atoms with van der Waals surface area (Å²) in [5, 5.41) is 13.3. The summed E-state index contributed by atoms with van der Waals surface area (Å²) in [6, 6.07) is 27.7. The molecule has 1 spiro atoms. The van der Waals surface area contributed by atoms with Crippen molar-refractivity contribution in [3.8, 4) is 17.0 Å². The number of benzene rings is 3. The Bertz CT molecular complexity index is 1430. The van der Waals surface area contributed by atoms with Crippen LogP contribution in [0.3, 0.4) is 0 Å². The summed E-state index contributed by atoms with van der Waals surface area (Å²) < 4.78 is 6.14. The molecule has 1 aliphatic heterocycles. The number of carbonyl (C=O) groups excluding carboxylic acids is 1. The Morgan fingerprint density at radius 3 is 2.49 bits per heavy atom. The smallest absolute Gasteiger partial charge is 0.307 e. The highest BCUT2D eigenvalue weighted by Crippen LogP contribution is 2.60. The van der Waals surface area contributed by atoms with Gasteiger partial charge in [-0.3, -0.25) is 9.59 Å². The zero-order chi connectivity index (χ0) is 24.0. The van der Waals surface area contributed by atoms with Crippen molar-refractivity contribution in [2.45, 2.75) is 25.5 Å². The first-order valence-electron chi connectivity index (χ1n) is 11.7. The molecule has 174 valence electrons. The third-order valence-corrected chi connectivity index (χ3v) is 7.25. The lowest BCUT2D eigenvalue weighted by Crippen LogP contribution is -2.24. The van der Waals surface area contributed by atoms with Gasteiger partial charge in [0.1, 0.15) is 12.4 Å². The van der Waals surface area contributed by atoms with E-state index in [1.54, 1.807) is 0 Å². The number of para-hydroxylation sites is 1. The molecule has 2 heterocycles. The van der Waals surface area contributed by atoms with E-state index in [4.69, 9.17) is 9.72 Å². The quantitative estimate of drug-likeness (QED) is 0.413. The van der Waals surface area contributed by atoms with Crippen molar-refractivity contribution in [1.29, 1.82) is 0 Å². The van der Waals surface area contributed by atoms with E-state index in [-0.39, 0.29) is 11.9 Å². The normalized spacial score (nSPS) is 22.8. The van der Waals surface area contributed by atoms with Gasteiger partial charge in [-0.15, -0.1) is 0 Å². The number of aliphatic carboxylic acids is 1. The summed E-state index contributed by atoms with van der Waals surface area (Å²) in [6.45, 7) is 0.395. The molecular formula is C29H24N2O4. The van der Waals surface area contributed by atoms with Crippen LogP contribution in [0, 0.1) is 11.3 Å². The highest BCUT2D eigenvalue weighted by Gasteiger charge is 2.67. The average Bonchev–Trinajstić information content (AvgIpc) is 3.54. The lowest BCUT2D eigenvalue weighted by molar-refractivity contribution is -0.141. The number of aromatic nitrogens is 1. The lowest BCUT2D eigenvalue weighted by Gasteiger charge is -2.13. The van der Waals surface area contributed by atoms with Crippen LogP contribution in [0.1, 0.15) is 30.0 Å². The largest absolute Gasteiger partial charge is 0.489 e. The number of nitrogens with zero attached hydrogens (tertiary/aromatic N) is 1. The number of pyridine rings is 1. The maximum atomic E-state index is 12.4. The molecule has 3 aromatic carbocycles.